The zero-order chi connectivity index (χ0) is 14.5. The van der Waals surface area contributed by atoms with E-state index in [0.717, 1.165) is 0 Å². The zero-order valence-electron chi connectivity index (χ0n) is 11.1. The molecule has 5 nitrogen and oxygen atoms in total. The maximum atomic E-state index is 13.0. The Hall–Kier alpha value is -2.50. The van der Waals surface area contributed by atoms with Crippen LogP contribution in [0.1, 0.15) is 17.3 Å². The summed E-state index contributed by atoms with van der Waals surface area (Å²) in [6.45, 7) is 1.95. The van der Waals surface area contributed by atoms with Crippen LogP contribution in [0.15, 0.2) is 30.5 Å². The van der Waals surface area contributed by atoms with Gasteiger partial charge in [0.2, 0.25) is 0 Å². The fourth-order valence-corrected chi connectivity index (χ4v) is 1.65. The molecule has 0 spiro atoms. The van der Waals surface area contributed by atoms with E-state index in [1.54, 1.807) is 6.92 Å². The number of hydrogen-bond acceptors (Lipinski definition) is 5. The van der Waals surface area contributed by atoms with Crippen LogP contribution in [0.3, 0.4) is 0 Å². The zero-order valence-corrected chi connectivity index (χ0v) is 11.1. The number of rotatable bonds is 4. The molecule has 20 heavy (non-hydrogen) atoms. The van der Waals surface area contributed by atoms with Crippen LogP contribution in [-0.2, 0) is 4.74 Å². The first kappa shape index (κ1) is 13.9. The van der Waals surface area contributed by atoms with E-state index in [-0.39, 0.29) is 24.0 Å². The molecular weight excluding hydrogens is 263 g/mol. The highest BCUT2D eigenvalue weighted by molar-refractivity contribution is 5.95. The van der Waals surface area contributed by atoms with E-state index >= 15 is 0 Å². The van der Waals surface area contributed by atoms with Gasteiger partial charge in [-0.1, -0.05) is 0 Å². The Morgan fingerprint density at radius 3 is 2.60 bits per heavy atom. The second-order valence-electron chi connectivity index (χ2n) is 3.85. The van der Waals surface area contributed by atoms with Gasteiger partial charge in [-0.3, -0.25) is 0 Å². The Morgan fingerprint density at radius 2 is 2.00 bits per heavy atom. The molecule has 0 aliphatic heterocycles. The lowest BCUT2D eigenvalue weighted by Crippen LogP contribution is -2.09. The third kappa shape index (κ3) is 2.90. The van der Waals surface area contributed by atoms with Crippen molar-refractivity contribution in [3.63, 3.8) is 0 Å². The quantitative estimate of drug-likeness (QED) is 0.803. The highest BCUT2D eigenvalue weighted by Crippen LogP contribution is 2.24. The van der Waals surface area contributed by atoms with Gasteiger partial charge in [-0.2, -0.15) is 4.98 Å². The van der Waals surface area contributed by atoms with Crippen molar-refractivity contribution in [1.82, 2.24) is 9.97 Å². The number of hydrogen-bond donors (Lipinski definition) is 0. The number of esters is 1. The third-order valence-electron chi connectivity index (χ3n) is 2.56. The van der Waals surface area contributed by atoms with Crippen molar-refractivity contribution in [2.45, 2.75) is 6.92 Å². The molecule has 0 amide bonds. The van der Waals surface area contributed by atoms with Gasteiger partial charge in [-0.05, 0) is 31.2 Å². The summed E-state index contributed by atoms with van der Waals surface area (Å²) in [6.07, 6.45) is 1.34. The Balaban J connectivity index is 2.52. The molecule has 0 radical (unpaired) electrons. The van der Waals surface area contributed by atoms with Crippen molar-refractivity contribution in [1.29, 1.82) is 0 Å². The maximum absolute atomic E-state index is 13.0. The van der Waals surface area contributed by atoms with Crippen molar-refractivity contribution in [2.75, 3.05) is 13.7 Å². The molecule has 0 N–H and O–H groups in total. The molecule has 0 aliphatic carbocycles. The average molecular weight is 276 g/mol. The molecule has 1 heterocycles. The molecule has 0 unspecified atom stereocenters. The van der Waals surface area contributed by atoms with Crippen molar-refractivity contribution in [2.24, 2.45) is 0 Å². The van der Waals surface area contributed by atoms with Crippen LogP contribution in [0.4, 0.5) is 4.39 Å². The molecule has 0 saturated carbocycles. The van der Waals surface area contributed by atoms with Crippen LogP contribution in [0, 0.1) is 5.82 Å². The molecule has 1 aromatic heterocycles. The summed E-state index contributed by atoms with van der Waals surface area (Å²) in [5.41, 5.74) is 1.13. The van der Waals surface area contributed by atoms with Gasteiger partial charge in [0.1, 0.15) is 11.4 Å². The van der Waals surface area contributed by atoms with E-state index in [0.29, 0.717) is 11.3 Å². The summed E-state index contributed by atoms with van der Waals surface area (Å²) >= 11 is 0. The largest absolute Gasteiger partial charge is 0.467 e. The van der Waals surface area contributed by atoms with Crippen molar-refractivity contribution in [3.8, 4) is 17.3 Å². The average Bonchev–Trinajstić information content (AvgIpc) is 2.47. The van der Waals surface area contributed by atoms with E-state index < -0.39 is 5.97 Å². The molecule has 6 heteroatoms. The van der Waals surface area contributed by atoms with Gasteiger partial charge in [0.15, 0.2) is 0 Å². The van der Waals surface area contributed by atoms with Crippen LogP contribution in [0.2, 0.25) is 0 Å². The normalized spacial score (nSPS) is 10.2. The number of benzene rings is 1. The number of halogens is 1. The number of nitrogens with zero attached hydrogens (tertiary/aromatic N) is 2. The second kappa shape index (κ2) is 6.10. The number of aromatic nitrogens is 2. The van der Waals surface area contributed by atoms with Gasteiger partial charge in [0, 0.05) is 11.8 Å². The molecule has 0 atom stereocenters. The lowest BCUT2D eigenvalue weighted by Gasteiger charge is -2.09. The van der Waals surface area contributed by atoms with E-state index in [4.69, 9.17) is 9.47 Å². The van der Waals surface area contributed by atoms with Crippen molar-refractivity contribution >= 4 is 5.97 Å². The molecule has 2 aromatic rings. The summed E-state index contributed by atoms with van der Waals surface area (Å²) < 4.78 is 22.9. The number of carbonyl (C=O) groups is 1. The van der Waals surface area contributed by atoms with Crippen LogP contribution in [-0.4, -0.2) is 29.7 Å². The smallest absolute Gasteiger partial charge is 0.341 e. The third-order valence-corrected chi connectivity index (χ3v) is 2.56. The standard InChI is InChI=1S/C14H13FN2O3/c1-3-20-13(18)11-8-16-14(19-2)17-12(11)9-4-6-10(15)7-5-9/h4-8H,3H2,1-2H3. The SMILES string of the molecule is CCOC(=O)c1cnc(OC)nc1-c1ccc(F)cc1. The summed E-state index contributed by atoms with van der Waals surface area (Å²) in [4.78, 5) is 19.9. The first-order valence-electron chi connectivity index (χ1n) is 5.99. The maximum Gasteiger partial charge on any atom is 0.341 e. The minimum Gasteiger partial charge on any atom is -0.467 e. The predicted molar refractivity (Wildman–Crippen MR) is 69.9 cm³/mol. The molecule has 0 bridgehead atoms. The predicted octanol–water partition coefficient (Wildman–Crippen LogP) is 2.47. The van der Waals surface area contributed by atoms with Gasteiger partial charge in [0.05, 0.1) is 19.4 Å². The molecule has 1 aromatic carbocycles. The van der Waals surface area contributed by atoms with E-state index in [2.05, 4.69) is 9.97 Å². The van der Waals surface area contributed by atoms with Gasteiger partial charge < -0.3 is 9.47 Å². The van der Waals surface area contributed by atoms with Crippen LogP contribution in [0.25, 0.3) is 11.3 Å². The second-order valence-corrected chi connectivity index (χ2v) is 3.85. The Labute approximate surface area is 115 Å². The molecule has 0 aliphatic rings. The summed E-state index contributed by atoms with van der Waals surface area (Å²) in [5.74, 6) is -0.901. The van der Waals surface area contributed by atoms with E-state index in [1.165, 1.54) is 37.6 Å². The van der Waals surface area contributed by atoms with Gasteiger partial charge >= 0.3 is 12.0 Å². The Morgan fingerprint density at radius 1 is 1.30 bits per heavy atom. The fraction of sp³-hybridized carbons (Fsp3) is 0.214. The Kier molecular flexibility index (Phi) is 4.24. The first-order chi connectivity index (χ1) is 9.65. The lowest BCUT2D eigenvalue weighted by atomic mass is 10.1. The summed E-state index contributed by atoms with van der Waals surface area (Å²) in [6, 6.07) is 5.76. The topological polar surface area (TPSA) is 61.3 Å². The van der Waals surface area contributed by atoms with Crippen molar-refractivity contribution < 1.29 is 18.7 Å². The highest BCUT2D eigenvalue weighted by Gasteiger charge is 2.17. The number of ether oxygens (including phenoxy) is 2. The lowest BCUT2D eigenvalue weighted by molar-refractivity contribution is 0.0526. The van der Waals surface area contributed by atoms with Crippen molar-refractivity contribution in [3.05, 3.63) is 41.8 Å². The molecule has 104 valence electrons. The van der Waals surface area contributed by atoms with E-state index in [1.807, 2.05) is 0 Å². The molecule has 2 rings (SSSR count). The molecular formula is C14H13FN2O3. The van der Waals surface area contributed by atoms with E-state index in [9.17, 15) is 9.18 Å². The van der Waals surface area contributed by atoms with Gasteiger partial charge in [-0.25, -0.2) is 14.2 Å². The summed E-state index contributed by atoms with van der Waals surface area (Å²) in [5, 5.41) is 0. The monoisotopic (exact) mass is 276 g/mol. The van der Waals surface area contributed by atoms with Crippen LogP contribution < -0.4 is 4.74 Å². The van der Waals surface area contributed by atoms with Crippen LogP contribution >= 0.6 is 0 Å². The minimum atomic E-state index is -0.533. The first-order valence-corrected chi connectivity index (χ1v) is 5.99. The molecule has 0 fully saturated rings. The number of carbonyl (C=O) groups excluding carboxylic acids is 1. The number of methoxy groups -OCH3 is 1. The fourth-order valence-electron chi connectivity index (χ4n) is 1.65. The van der Waals surface area contributed by atoms with Gasteiger partial charge in [0.25, 0.3) is 0 Å². The minimum absolute atomic E-state index is 0.123. The Bertz CT molecular complexity index is 614. The van der Waals surface area contributed by atoms with Gasteiger partial charge in [-0.15, -0.1) is 0 Å². The van der Waals surface area contributed by atoms with Crippen LogP contribution in [0.5, 0.6) is 6.01 Å². The highest BCUT2D eigenvalue weighted by atomic mass is 19.1. The summed E-state index contributed by atoms with van der Waals surface area (Å²) in [7, 11) is 1.42. The molecule has 0 saturated heterocycles.